The molecule has 3 nitrogen and oxygen atoms in total. The summed E-state index contributed by atoms with van der Waals surface area (Å²) in [7, 11) is 0. The number of aromatic nitrogens is 2. The van der Waals surface area contributed by atoms with Crippen LogP contribution in [-0.2, 0) is 6.54 Å². The lowest BCUT2D eigenvalue weighted by Crippen LogP contribution is -2.14. The van der Waals surface area contributed by atoms with Crippen LogP contribution in [0.25, 0.3) is 9.88 Å². The smallest absolute Gasteiger partial charge is 0.135 e. The summed E-state index contributed by atoms with van der Waals surface area (Å²) in [5, 5.41) is 4.57. The highest BCUT2D eigenvalue weighted by Crippen LogP contribution is 2.33. The molecule has 0 saturated heterocycles. The van der Waals surface area contributed by atoms with E-state index in [1.807, 2.05) is 11.7 Å². The van der Waals surface area contributed by atoms with Crippen molar-refractivity contribution in [2.24, 2.45) is 0 Å². The summed E-state index contributed by atoms with van der Waals surface area (Å²) in [6.07, 6.45) is 3.06. The van der Waals surface area contributed by atoms with E-state index < -0.39 is 0 Å². The molecule has 0 aliphatic carbocycles. The molecule has 0 fully saturated rings. The van der Waals surface area contributed by atoms with Gasteiger partial charge in [-0.3, -0.25) is 4.98 Å². The van der Waals surface area contributed by atoms with Crippen LogP contribution in [0, 0.1) is 0 Å². The fraction of sp³-hybridized carbons (Fsp3) is 0.538. The number of hydrogen-bond donors (Lipinski definition) is 1. The van der Waals surface area contributed by atoms with Gasteiger partial charge in [0.2, 0.25) is 0 Å². The maximum atomic E-state index is 4.78. The van der Waals surface area contributed by atoms with Crippen LogP contribution in [0.4, 0.5) is 0 Å². The molecular formula is C13H19N3S2. The molecule has 0 aromatic carbocycles. The third kappa shape index (κ3) is 3.16. The Morgan fingerprint density at radius 2 is 2.22 bits per heavy atom. The number of rotatable bonds is 6. The van der Waals surface area contributed by atoms with Crippen molar-refractivity contribution in [1.82, 2.24) is 15.3 Å². The molecule has 0 aliphatic rings. The minimum Gasteiger partial charge on any atom is -0.312 e. The van der Waals surface area contributed by atoms with E-state index in [2.05, 4.69) is 31.1 Å². The molecule has 0 spiro atoms. The number of thiazole rings is 2. The summed E-state index contributed by atoms with van der Waals surface area (Å²) in [4.78, 5) is 11.4. The Kier molecular flexibility index (Phi) is 4.86. The second kappa shape index (κ2) is 6.41. The SMILES string of the molecule is CCCNCc1sc(-c2cncs2)nc1C(C)C. The molecule has 0 saturated carbocycles. The summed E-state index contributed by atoms with van der Waals surface area (Å²) < 4.78 is 0. The number of nitrogens with one attached hydrogen (secondary N) is 1. The average molecular weight is 281 g/mol. The van der Waals surface area contributed by atoms with Gasteiger partial charge in [-0.2, -0.15) is 0 Å². The van der Waals surface area contributed by atoms with Crippen LogP contribution in [0.2, 0.25) is 0 Å². The molecule has 0 atom stereocenters. The van der Waals surface area contributed by atoms with Gasteiger partial charge in [-0.05, 0) is 18.9 Å². The highest BCUT2D eigenvalue weighted by atomic mass is 32.1. The van der Waals surface area contributed by atoms with Crippen molar-refractivity contribution >= 4 is 22.7 Å². The van der Waals surface area contributed by atoms with Crippen molar-refractivity contribution in [3.05, 3.63) is 22.3 Å². The minimum atomic E-state index is 0.473. The number of nitrogens with zero attached hydrogens (tertiary/aromatic N) is 2. The van der Waals surface area contributed by atoms with E-state index in [0.29, 0.717) is 5.92 Å². The van der Waals surface area contributed by atoms with Crippen LogP contribution in [0.5, 0.6) is 0 Å². The summed E-state index contributed by atoms with van der Waals surface area (Å²) in [6.45, 7) is 8.58. The molecule has 0 radical (unpaired) electrons. The molecule has 0 amide bonds. The highest BCUT2D eigenvalue weighted by Gasteiger charge is 2.15. The lowest BCUT2D eigenvalue weighted by atomic mass is 10.1. The normalized spacial score (nSPS) is 11.3. The molecule has 2 heterocycles. The molecule has 1 N–H and O–H groups in total. The van der Waals surface area contributed by atoms with Gasteiger partial charge in [0, 0.05) is 17.6 Å². The summed E-state index contributed by atoms with van der Waals surface area (Å²) in [5.74, 6) is 0.473. The van der Waals surface area contributed by atoms with Gasteiger partial charge in [-0.15, -0.1) is 22.7 Å². The Morgan fingerprint density at radius 1 is 1.39 bits per heavy atom. The van der Waals surface area contributed by atoms with Gasteiger partial charge in [0.1, 0.15) is 5.01 Å². The van der Waals surface area contributed by atoms with Crippen molar-refractivity contribution in [2.45, 2.75) is 39.7 Å². The Hall–Kier alpha value is -0.780. The van der Waals surface area contributed by atoms with Gasteiger partial charge < -0.3 is 5.32 Å². The molecule has 18 heavy (non-hydrogen) atoms. The Balaban J connectivity index is 2.21. The Labute approximate surface area is 116 Å². The van der Waals surface area contributed by atoms with Crippen molar-refractivity contribution in [3.8, 4) is 9.88 Å². The highest BCUT2D eigenvalue weighted by molar-refractivity contribution is 7.20. The lowest BCUT2D eigenvalue weighted by molar-refractivity contribution is 0.670. The van der Waals surface area contributed by atoms with Crippen molar-refractivity contribution < 1.29 is 0 Å². The van der Waals surface area contributed by atoms with Gasteiger partial charge >= 0.3 is 0 Å². The van der Waals surface area contributed by atoms with Crippen LogP contribution in [-0.4, -0.2) is 16.5 Å². The molecule has 2 aromatic heterocycles. The fourth-order valence-corrected chi connectivity index (χ4v) is 3.61. The molecule has 2 rings (SSSR count). The topological polar surface area (TPSA) is 37.8 Å². The van der Waals surface area contributed by atoms with E-state index in [1.165, 1.54) is 15.4 Å². The maximum Gasteiger partial charge on any atom is 0.135 e. The molecule has 0 unspecified atom stereocenters. The molecule has 98 valence electrons. The summed E-state index contributed by atoms with van der Waals surface area (Å²) >= 11 is 3.45. The Bertz CT molecular complexity index is 474. The first-order chi connectivity index (χ1) is 8.72. The first-order valence-electron chi connectivity index (χ1n) is 6.31. The van der Waals surface area contributed by atoms with E-state index in [4.69, 9.17) is 4.98 Å². The molecule has 0 bridgehead atoms. The van der Waals surface area contributed by atoms with Gasteiger partial charge in [0.15, 0.2) is 0 Å². The van der Waals surface area contributed by atoms with Crippen molar-refractivity contribution in [2.75, 3.05) is 6.54 Å². The van der Waals surface area contributed by atoms with Gasteiger partial charge in [-0.1, -0.05) is 20.8 Å². The van der Waals surface area contributed by atoms with Crippen LogP contribution in [0.3, 0.4) is 0 Å². The van der Waals surface area contributed by atoms with Crippen LogP contribution < -0.4 is 5.32 Å². The first-order valence-corrected chi connectivity index (χ1v) is 8.01. The predicted octanol–water partition coefficient (Wildman–Crippen LogP) is 3.89. The van der Waals surface area contributed by atoms with Gasteiger partial charge in [-0.25, -0.2) is 4.98 Å². The zero-order chi connectivity index (χ0) is 13.0. The molecule has 5 heteroatoms. The zero-order valence-corrected chi connectivity index (χ0v) is 12.7. The van der Waals surface area contributed by atoms with Crippen molar-refractivity contribution in [3.63, 3.8) is 0 Å². The Morgan fingerprint density at radius 3 is 2.83 bits per heavy atom. The molecule has 0 aliphatic heterocycles. The van der Waals surface area contributed by atoms with Gasteiger partial charge in [0.05, 0.1) is 16.1 Å². The van der Waals surface area contributed by atoms with E-state index in [0.717, 1.165) is 24.5 Å². The maximum absolute atomic E-state index is 4.78. The minimum absolute atomic E-state index is 0.473. The standard InChI is InChI=1S/C13H19N3S2/c1-4-5-14-6-10-12(9(2)3)16-13(18-10)11-7-15-8-17-11/h7-9,14H,4-6H2,1-3H3. The van der Waals surface area contributed by atoms with Crippen LogP contribution in [0.1, 0.15) is 43.7 Å². The van der Waals surface area contributed by atoms with Crippen LogP contribution >= 0.6 is 22.7 Å². The second-order valence-corrected chi connectivity index (χ2v) is 6.49. The second-order valence-electron chi connectivity index (χ2n) is 4.52. The predicted molar refractivity (Wildman–Crippen MR) is 79.3 cm³/mol. The molecular weight excluding hydrogens is 262 g/mol. The summed E-state index contributed by atoms with van der Waals surface area (Å²) in [5.41, 5.74) is 3.09. The monoisotopic (exact) mass is 281 g/mol. The largest absolute Gasteiger partial charge is 0.312 e. The van der Waals surface area contributed by atoms with E-state index in [-0.39, 0.29) is 0 Å². The van der Waals surface area contributed by atoms with E-state index in [9.17, 15) is 0 Å². The third-order valence-electron chi connectivity index (χ3n) is 2.63. The van der Waals surface area contributed by atoms with E-state index in [1.54, 1.807) is 22.7 Å². The number of hydrogen-bond acceptors (Lipinski definition) is 5. The third-order valence-corrected chi connectivity index (χ3v) is 4.64. The quantitative estimate of drug-likeness (QED) is 0.816. The van der Waals surface area contributed by atoms with Gasteiger partial charge in [0.25, 0.3) is 0 Å². The average Bonchev–Trinajstić information content (AvgIpc) is 2.97. The lowest BCUT2D eigenvalue weighted by Gasteiger charge is -2.05. The zero-order valence-electron chi connectivity index (χ0n) is 11.1. The van der Waals surface area contributed by atoms with Crippen molar-refractivity contribution in [1.29, 1.82) is 0 Å². The summed E-state index contributed by atoms with van der Waals surface area (Å²) in [6, 6.07) is 0. The molecule has 2 aromatic rings. The first kappa shape index (κ1) is 13.6. The fourth-order valence-electron chi connectivity index (χ4n) is 1.75. The van der Waals surface area contributed by atoms with Crippen LogP contribution in [0.15, 0.2) is 11.7 Å². The van der Waals surface area contributed by atoms with E-state index >= 15 is 0 Å².